The van der Waals surface area contributed by atoms with Crippen LogP contribution in [-0.4, -0.2) is 63.7 Å². The van der Waals surface area contributed by atoms with Crippen LogP contribution < -0.4 is 10.2 Å². The summed E-state index contributed by atoms with van der Waals surface area (Å²) in [6.45, 7) is 10.1. The molecule has 0 radical (unpaired) electrons. The predicted molar refractivity (Wildman–Crippen MR) is 118 cm³/mol. The van der Waals surface area contributed by atoms with Crippen molar-refractivity contribution in [1.82, 2.24) is 25.1 Å². The van der Waals surface area contributed by atoms with Gasteiger partial charge in [0.1, 0.15) is 22.0 Å². The zero-order chi connectivity index (χ0) is 20.4. The molecule has 1 amide bonds. The minimum absolute atomic E-state index is 0.0486. The molecule has 154 valence electrons. The smallest absolute Gasteiger partial charge is 0.240 e. The fourth-order valence-electron chi connectivity index (χ4n) is 3.61. The van der Waals surface area contributed by atoms with Gasteiger partial charge < -0.3 is 4.90 Å². The summed E-state index contributed by atoms with van der Waals surface area (Å²) in [6, 6.07) is 0. The number of carbonyl (C=O) groups is 1. The summed E-state index contributed by atoms with van der Waals surface area (Å²) >= 11 is 3.03. The van der Waals surface area contributed by atoms with Gasteiger partial charge in [0.15, 0.2) is 0 Å². The van der Waals surface area contributed by atoms with Crippen LogP contribution in [0.25, 0.3) is 10.2 Å². The number of nitrogens with zero attached hydrogens (tertiary/aromatic N) is 6. The quantitative estimate of drug-likeness (QED) is 0.642. The maximum Gasteiger partial charge on any atom is 0.240 e. The van der Waals surface area contributed by atoms with Gasteiger partial charge in [-0.05, 0) is 30.2 Å². The third-order valence-electron chi connectivity index (χ3n) is 4.88. The molecule has 1 aliphatic rings. The number of aromatic nitrogens is 4. The largest absolute Gasteiger partial charge is 0.353 e. The molecule has 0 bridgehead atoms. The summed E-state index contributed by atoms with van der Waals surface area (Å²) < 4.78 is 0. The van der Waals surface area contributed by atoms with E-state index in [-0.39, 0.29) is 5.91 Å². The van der Waals surface area contributed by atoms with Crippen molar-refractivity contribution in [2.24, 2.45) is 5.92 Å². The summed E-state index contributed by atoms with van der Waals surface area (Å²) in [5, 5.41) is 14.4. The lowest BCUT2D eigenvalue weighted by Gasteiger charge is -2.35. The Kier molecular flexibility index (Phi) is 6.02. The third-order valence-corrected chi connectivity index (χ3v) is 6.40. The van der Waals surface area contributed by atoms with Gasteiger partial charge in [0.2, 0.25) is 11.0 Å². The van der Waals surface area contributed by atoms with Crippen LogP contribution in [0.2, 0.25) is 0 Å². The second kappa shape index (κ2) is 8.68. The lowest BCUT2D eigenvalue weighted by Crippen LogP contribution is -2.49. The highest BCUT2D eigenvalue weighted by Gasteiger charge is 2.24. The topological polar surface area (TPSA) is 87.1 Å². The number of carbonyl (C=O) groups excluding carboxylic acids is 1. The Balaban J connectivity index is 1.44. The monoisotopic (exact) mass is 431 g/mol. The maximum absolute atomic E-state index is 12.2. The molecule has 0 aromatic carbocycles. The minimum atomic E-state index is -0.0486. The van der Waals surface area contributed by atoms with Gasteiger partial charge in [-0.25, -0.2) is 9.97 Å². The number of piperazine rings is 1. The zero-order valence-electron chi connectivity index (χ0n) is 16.9. The number of amides is 1. The van der Waals surface area contributed by atoms with Crippen molar-refractivity contribution in [2.75, 3.05) is 42.9 Å². The number of hydrogen-bond acceptors (Lipinski definition) is 9. The van der Waals surface area contributed by atoms with E-state index in [2.05, 4.69) is 49.5 Å². The van der Waals surface area contributed by atoms with Gasteiger partial charge in [-0.2, -0.15) is 0 Å². The fraction of sp³-hybridized carbons (Fsp3) is 0.526. The van der Waals surface area contributed by atoms with Gasteiger partial charge in [-0.1, -0.05) is 25.2 Å². The van der Waals surface area contributed by atoms with Crippen molar-refractivity contribution in [3.8, 4) is 0 Å². The molecule has 1 fully saturated rings. The van der Waals surface area contributed by atoms with Gasteiger partial charge in [0, 0.05) is 26.2 Å². The molecule has 3 aromatic heterocycles. The molecular formula is C19H25N7OS2. The Labute approximate surface area is 178 Å². The van der Waals surface area contributed by atoms with Crippen LogP contribution >= 0.6 is 22.7 Å². The molecule has 10 heteroatoms. The number of hydrogen-bond donors (Lipinski definition) is 1. The maximum atomic E-state index is 12.2. The van der Waals surface area contributed by atoms with E-state index in [9.17, 15) is 4.79 Å². The number of nitrogens with one attached hydrogen (secondary N) is 1. The van der Waals surface area contributed by atoms with Gasteiger partial charge in [0.25, 0.3) is 0 Å². The molecule has 0 saturated carbocycles. The van der Waals surface area contributed by atoms with Crippen molar-refractivity contribution in [3.63, 3.8) is 0 Å². The second-order valence-electron chi connectivity index (χ2n) is 7.69. The Morgan fingerprint density at radius 1 is 1.21 bits per heavy atom. The highest BCUT2D eigenvalue weighted by molar-refractivity contribution is 7.17. The number of thiophene rings is 1. The normalized spacial score (nSPS) is 15.4. The Hall–Kier alpha value is -2.17. The minimum Gasteiger partial charge on any atom is -0.353 e. The molecule has 1 N–H and O–H groups in total. The molecule has 4 heterocycles. The highest BCUT2D eigenvalue weighted by atomic mass is 32.1. The number of rotatable bonds is 6. The molecule has 0 aliphatic carbocycles. The zero-order valence-corrected chi connectivity index (χ0v) is 18.5. The average molecular weight is 432 g/mol. The SMILES string of the molecule is Cc1nc(N2CCN(CC(=O)Nc3nncs3)CC2)c2c(CC(C)C)csc2n1. The average Bonchev–Trinajstić information content (AvgIpc) is 3.31. The molecule has 3 aromatic rings. The van der Waals surface area contributed by atoms with E-state index >= 15 is 0 Å². The Morgan fingerprint density at radius 3 is 2.69 bits per heavy atom. The first-order valence-electron chi connectivity index (χ1n) is 9.77. The van der Waals surface area contributed by atoms with Crippen LogP contribution in [0.1, 0.15) is 25.2 Å². The second-order valence-corrected chi connectivity index (χ2v) is 9.38. The molecule has 29 heavy (non-hydrogen) atoms. The molecule has 1 aliphatic heterocycles. The lowest BCUT2D eigenvalue weighted by atomic mass is 10.0. The fourth-order valence-corrected chi connectivity index (χ4v) is 5.06. The van der Waals surface area contributed by atoms with E-state index < -0.39 is 0 Å². The molecule has 0 atom stereocenters. The van der Waals surface area contributed by atoms with E-state index in [0.717, 1.165) is 49.1 Å². The van der Waals surface area contributed by atoms with E-state index in [1.54, 1.807) is 16.8 Å². The van der Waals surface area contributed by atoms with E-state index in [0.29, 0.717) is 17.6 Å². The molecule has 0 spiro atoms. The molecule has 1 saturated heterocycles. The van der Waals surface area contributed by atoms with Crippen molar-refractivity contribution in [2.45, 2.75) is 27.2 Å². The number of fused-ring (bicyclic) bond motifs is 1. The van der Waals surface area contributed by atoms with Crippen molar-refractivity contribution in [1.29, 1.82) is 0 Å². The van der Waals surface area contributed by atoms with E-state index in [1.165, 1.54) is 22.3 Å². The van der Waals surface area contributed by atoms with E-state index in [1.807, 2.05) is 6.92 Å². The van der Waals surface area contributed by atoms with Crippen LogP contribution in [0.4, 0.5) is 10.9 Å². The summed E-state index contributed by atoms with van der Waals surface area (Å²) in [7, 11) is 0. The Morgan fingerprint density at radius 2 is 2.00 bits per heavy atom. The number of anilines is 2. The summed E-state index contributed by atoms with van der Waals surface area (Å²) in [5.41, 5.74) is 2.95. The van der Waals surface area contributed by atoms with Crippen LogP contribution in [0, 0.1) is 12.8 Å². The van der Waals surface area contributed by atoms with Crippen molar-refractivity contribution >= 4 is 49.7 Å². The lowest BCUT2D eigenvalue weighted by molar-refractivity contribution is -0.117. The number of aryl methyl sites for hydroxylation is 1. The molecule has 8 nitrogen and oxygen atoms in total. The van der Waals surface area contributed by atoms with Gasteiger partial charge in [-0.15, -0.1) is 21.5 Å². The highest BCUT2D eigenvalue weighted by Crippen LogP contribution is 2.34. The van der Waals surface area contributed by atoms with Crippen molar-refractivity contribution < 1.29 is 4.79 Å². The van der Waals surface area contributed by atoms with Crippen LogP contribution in [0.5, 0.6) is 0 Å². The summed E-state index contributed by atoms with van der Waals surface area (Å²) in [6.07, 6.45) is 1.03. The van der Waals surface area contributed by atoms with E-state index in [4.69, 9.17) is 4.98 Å². The summed E-state index contributed by atoms with van der Waals surface area (Å²) in [5.74, 6) is 2.39. The molecule has 0 unspecified atom stereocenters. The van der Waals surface area contributed by atoms with Crippen molar-refractivity contribution in [3.05, 3.63) is 22.3 Å². The first-order chi connectivity index (χ1) is 14.0. The summed E-state index contributed by atoms with van der Waals surface area (Å²) in [4.78, 5) is 27.3. The van der Waals surface area contributed by atoms with Crippen LogP contribution in [0.3, 0.4) is 0 Å². The van der Waals surface area contributed by atoms with Crippen LogP contribution in [-0.2, 0) is 11.2 Å². The molecule has 4 rings (SSSR count). The Bertz CT molecular complexity index is 978. The van der Waals surface area contributed by atoms with Gasteiger partial charge in [-0.3, -0.25) is 15.0 Å². The first-order valence-corrected chi connectivity index (χ1v) is 11.5. The molecular weight excluding hydrogens is 406 g/mol. The first kappa shape index (κ1) is 20.1. The van der Waals surface area contributed by atoms with Gasteiger partial charge >= 0.3 is 0 Å². The third kappa shape index (κ3) is 4.71. The van der Waals surface area contributed by atoms with Crippen LogP contribution in [0.15, 0.2) is 10.9 Å². The standard InChI is InChI=1S/C19H25N7OS2/c1-12(2)8-14-10-28-18-16(14)17(21-13(3)22-18)26-6-4-25(5-7-26)9-15(27)23-19-24-20-11-29-19/h10-12H,4-9H2,1-3H3,(H,23,24,27). The van der Waals surface area contributed by atoms with Gasteiger partial charge in [0.05, 0.1) is 11.9 Å². The predicted octanol–water partition coefficient (Wildman–Crippen LogP) is 2.81.